The molecule has 0 bridgehead atoms. The molecule has 1 fully saturated rings. The maximum absolute atomic E-state index is 11.6. The first-order chi connectivity index (χ1) is 5.42. The van der Waals surface area contributed by atoms with Gasteiger partial charge in [-0.2, -0.15) is 0 Å². The minimum atomic E-state index is 0.0378. The van der Waals surface area contributed by atoms with Gasteiger partial charge in [-0.3, -0.25) is 4.79 Å². The molecule has 2 nitrogen and oxygen atoms in total. The van der Waals surface area contributed by atoms with E-state index in [9.17, 15) is 4.79 Å². The van der Waals surface area contributed by atoms with Crippen LogP contribution in [0.3, 0.4) is 0 Å². The van der Waals surface area contributed by atoms with Crippen LogP contribution in [0.2, 0.25) is 0 Å². The lowest BCUT2D eigenvalue weighted by Gasteiger charge is -2.04. The molecule has 2 heteroatoms. The lowest BCUT2D eigenvalue weighted by atomic mass is 9.99. The van der Waals surface area contributed by atoms with E-state index >= 15 is 0 Å². The fourth-order valence-corrected chi connectivity index (χ4v) is 2.01. The highest BCUT2D eigenvalue weighted by molar-refractivity contribution is 5.86. The van der Waals surface area contributed by atoms with Crippen LogP contribution in [0.5, 0.6) is 0 Å². The summed E-state index contributed by atoms with van der Waals surface area (Å²) in [4.78, 5) is 11.6. The molecule has 70 valence electrons. The van der Waals surface area contributed by atoms with Gasteiger partial charge in [0.15, 0.2) is 0 Å². The molecule has 1 N–H and O–H groups in total. The zero-order valence-corrected chi connectivity index (χ0v) is 8.29. The zero-order valence-electron chi connectivity index (χ0n) is 8.29. The number of ketones is 1. The third-order valence-electron chi connectivity index (χ3n) is 3.12. The van der Waals surface area contributed by atoms with Crippen molar-refractivity contribution in [3.8, 4) is 0 Å². The number of hydrogen-bond acceptors (Lipinski definition) is 2. The molecular formula is C10H18O2. The molecule has 0 radical (unpaired) electrons. The van der Waals surface area contributed by atoms with Gasteiger partial charge in [0.2, 0.25) is 0 Å². The Bertz CT molecular complexity index is 194. The number of aliphatic hydroxyl groups excluding tert-OH is 1. The second kappa shape index (κ2) is 2.84. The predicted octanol–water partition coefficient (Wildman–Crippen LogP) is 1.48. The fraction of sp³-hybridized carbons (Fsp3) is 0.900. The van der Waals surface area contributed by atoms with E-state index in [1.807, 2.05) is 13.8 Å². The highest BCUT2D eigenvalue weighted by Gasteiger charge is 2.60. The third-order valence-corrected chi connectivity index (χ3v) is 3.12. The van der Waals surface area contributed by atoms with Gasteiger partial charge in [0.1, 0.15) is 5.78 Å². The van der Waals surface area contributed by atoms with Gasteiger partial charge < -0.3 is 5.11 Å². The topological polar surface area (TPSA) is 37.3 Å². The number of aliphatic hydroxyl groups is 1. The second-order valence-corrected chi connectivity index (χ2v) is 4.65. The zero-order chi connectivity index (χ0) is 9.52. The van der Waals surface area contributed by atoms with Gasteiger partial charge in [0.25, 0.3) is 0 Å². The first-order valence-electron chi connectivity index (χ1n) is 4.57. The van der Waals surface area contributed by atoms with E-state index in [1.54, 1.807) is 0 Å². The van der Waals surface area contributed by atoms with Crippen LogP contribution in [0.25, 0.3) is 0 Å². The SMILES string of the molecule is CC(C)C(=O)C1C(CO)C1(C)C. The van der Waals surface area contributed by atoms with Gasteiger partial charge in [0, 0.05) is 18.4 Å². The van der Waals surface area contributed by atoms with E-state index in [2.05, 4.69) is 13.8 Å². The molecule has 1 aliphatic carbocycles. The van der Waals surface area contributed by atoms with Crippen LogP contribution in [0.1, 0.15) is 27.7 Å². The van der Waals surface area contributed by atoms with Crippen molar-refractivity contribution in [2.24, 2.45) is 23.2 Å². The predicted molar refractivity (Wildman–Crippen MR) is 47.7 cm³/mol. The minimum Gasteiger partial charge on any atom is -0.396 e. The van der Waals surface area contributed by atoms with Crippen LogP contribution in [0.15, 0.2) is 0 Å². The van der Waals surface area contributed by atoms with Gasteiger partial charge in [-0.25, -0.2) is 0 Å². The number of Topliss-reactive ketones (excluding diaryl/α,β-unsaturated/α-hetero) is 1. The van der Waals surface area contributed by atoms with Gasteiger partial charge in [0.05, 0.1) is 0 Å². The third kappa shape index (κ3) is 1.28. The first kappa shape index (κ1) is 9.72. The van der Waals surface area contributed by atoms with E-state index in [0.717, 1.165) is 0 Å². The summed E-state index contributed by atoms with van der Waals surface area (Å²) >= 11 is 0. The van der Waals surface area contributed by atoms with E-state index < -0.39 is 0 Å². The van der Waals surface area contributed by atoms with Crippen molar-refractivity contribution in [1.29, 1.82) is 0 Å². The smallest absolute Gasteiger partial charge is 0.139 e. The summed E-state index contributed by atoms with van der Waals surface area (Å²) < 4.78 is 0. The molecule has 1 saturated carbocycles. The highest BCUT2D eigenvalue weighted by Crippen LogP contribution is 2.58. The van der Waals surface area contributed by atoms with Crippen LogP contribution in [0, 0.1) is 23.2 Å². The van der Waals surface area contributed by atoms with Crippen LogP contribution in [-0.2, 0) is 4.79 Å². The largest absolute Gasteiger partial charge is 0.396 e. The summed E-state index contributed by atoms with van der Waals surface area (Å²) in [6, 6.07) is 0. The Morgan fingerprint density at radius 2 is 2.00 bits per heavy atom. The maximum atomic E-state index is 11.6. The highest BCUT2D eigenvalue weighted by atomic mass is 16.3. The normalized spacial score (nSPS) is 32.2. The minimum absolute atomic E-state index is 0.0378. The van der Waals surface area contributed by atoms with Crippen molar-refractivity contribution in [2.75, 3.05) is 6.61 Å². The van der Waals surface area contributed by atoms with Crippen molar-refractivity contribution >= 4 is 5.78 Å². The van der Waals surface area contributed by atoms with Gasteiger partial charge in [-0.1, -0.05) is 27.7 Å². The van der Waals surface area contributed by atoms with Crippen LogP contribution in [0.4, 0.5) is 0 Å². The summed E-state index contributed by atoms with van der Waals surface area (Å²) in [5.74, 6) is 0.708. The van der Waals surface area contributed by atoms with E-state index in [-0.39, 0.29) is 29.8 Å². The Morgan fingerprint density at radius 1 is 1.50 bits per heavy atom. The average Bonchev–Trinajstić information content (AvgIpc) is 2.50. The number of hydrogen-bond donors (Lipinski definition) is 1. The van der Waals surface area contributed by atoms with Crippen LogP contribution < -0.4 is 0 Å². The quantitative estimate of drug-likeness (QED) is 0.696. The Morgan fingerprint density at radius 3 is 2.25 bits per heavy atom. The van der Waals surface area contributed by atoms with Crippen molar-refractivity contribution in [3.05, 3.63) is 0 Å². The summed E-state index contributed by atoms with van der Waals surface area (Å²) in [6.07, 6.45) is 0. The van der Waals surface area contributed by atoms with E-state index in [4.69, 9.17) is 5.11 Å². The average molecular weight is 170 g/mol. The number of carbonyl (C=O) groups is 1. The molecule has 1 rings (SSSR count). The van der Waals surface area contributed by atoms with E-state index in [1.165, 1.54) is 0 Å². The summed E-state index contributed by atoms with van der Waals surface area (Å²) in [5.41, 5.74) is 0.0378. The molecular weight excluding hydrogens is 152 g/mol. The lowest BCUT2D eigenvalue weighted by Crippen LogP contribution is -2.13. The van der Waals surface area contributed by atoms with Crippen molar-refractivity contribution in [1.82, 2.24) is 0 Å². The van der Waals surface area contributed by atoms with E-state index in [0.29, 0.717) is 5.78 Å². The summed E-state index contributed by atoms with van der Waals surface area (Å²) in [6.45, 7) is 8.10. The second-order valence-electron chi connectivity index (χ2n) is 4.65. The van der Waals surface area contributed by atoms with Crippen molar-refractivity contribution in [2.45, 2.75) is 27.7 Å². The first-order valence-corrected chi connectivity index (χ1v) is 4.57. The molecule has 0 heterocycles. The van der Waals surface area contributed by atoms with Crippen LogP contribution >= 0.6 is 0 Å². The van der Waals surface area contributed by atoms with Crippen molar-refractivity contribution < 1.29 is 9.90 Å². The molecule has 0 aliphatic heterocycles. The molecule has 0 aromatic carbocycles. The number of rotatable bonds is 3. The summed E-state index contributed by atoms with van der Waals surface area (Å²) in [5, 5.41) is 8.99. The lowest BCUT2D eigenvalue weighted by molar-refractivity contribution is -0.124. The molecule has 0 amide bonds. The van der Waals surface area contributed by atoms with Gasteiger partial charge in [-0.05, 0) is 11.3 Å². The Labute approximate surface area is 74.0 Å². The number of carbonyl (C=O) groups excluding carboxylic acids is 1. The Balaban J connectivity index is 2.63. The van der Waals surface area contributed by atoms with Crippen molar-refractivity contribution in [3.63, 3.8) is 0 Å². The molecule has 2 atom stereocenters. The molecule has 12 heavy (non-hydrogen) atoms. The molecule has 1 aliphatic rings. The van der Waals surface area contributed by atoms with Gasteiger partial charge >= 0.3 is 0 Å². The molecule has 0 spiro atoms. The fourth-order valence-electron chi connectivity index (χ4n) is 2.01. The molecule has 0 saturated heterocycles. The Hall–Kier alpha value is -0.370. The van der Waals surface area contributed by atoms with Crippen LogP contribution in [-0.4, -0.2) is 17.5 Å². The maximum Gasteiger partial charge on any atom is 0.139 e. The monoisotopic (exact) mass is 170 g/mol. The molecule has 0 aromatic rings. The molecule has 2 unspecified atom stereocenters. The Kier molecular flexibility index (Phi) is 2.30. The van der Waals surface area contributed by atoms with Gasteiger partial charge in [-0.15, -0.1) is 0 Å². The molecule has 0 aromatic heterocycles. The summed E-state index contributed by atoms with van der Waals surface area (Å²) in [7, 11) is 0. The standard InChI is InChI=1S/C10H18O2/c1-6(2)9(12)8-7(5-11)10(8,3)4/h6-8,11H,5H2,1-4H3.